The second kappa shape index (κ2) is 9.50. The minimum absolute atomic E-state index is 0.317. The largest absolute Gasteiger partial charge is 0.493 e. The maximum atomic E-state index is 12.2. The number of benzene rings is 2. The number of thioether (sulfide) groups is 1. The van der Waals surface area contributed by atoms with E-state index in [1.54, 1.807) is 37.3 Å². The molecular weight excluding hydrogens is 376 g/mol. The van der Waals surface area contributed by atoms with Gasteiger partial charge in [0.1, 0.15) is 5.25 Å². The van der Waals surface area contributed by atoms with Crippen LogP contribution >= 0.6 is 23.4 Å². The van der Waals surface area contributed by atoms with E-state index in [2.05, 4.69) is 0 Å². The molecule has 0 spiro atoms. The molecule has 0 amide bonds. The Morgan fingerprint density at radius 1 is 1.04 bits per heavy atom. The molecule has 7 heteroatoms. The van der Waals surface area contributed by atoms with Crippen molar-refractivity contribution < 1.29 is 23.8 Å². The second-order valence-corrected chi connectivity index (χ2v) is 7.17. The maximum Gasteiger partial charge on any atom is 0.319 e. The average Bonchev–Trinajstić information content (AvgIpc) is 2.66. The molecule has 0 aliphatic heterocycles. The van der Waals surface area contributed by atoms with Crippen molar-refractivity contribution in [3.63, 3.8) is 0 Å². The van der Waals surface area contributed by atoms with Crippen molar-refractivity contribution in [1.82, 2.24) is 0 Å². The van der Waals surface area contributed by atoms with Gasteiger partial charge in [-0.3, -0.25) is 9.59 Å². The summed E-state index contributed by atoms with van der Waals surface area (Å²) in [7, 11) is 3.00. The Bertz CT molecular complexity index is 776. The van der Waals surface area contributed by atoms with Crippen LogP contribution in [0.2, 0.25) is 5.02 Å². The Morgan fingerprint density at radius 2 is 1.69 bits per heavy atom. The van der Waals surface area contributed by atoms with Crippen LogP contribution in [0.3, 0.4) is 0 Å². The summed E-state index contributed by atoms with van der Waals surface area (Å²) in [5, 5.41) is 0.180. The Hall–Kier alpha value is -2.18. The zero-order valence-corrected chi connectivity index (χ0v) is 16.2. The predicted octanol–water partition coefficient (Wildman–Crippen LogP) is 4.26. The molecule has 0 unspecified atom stereocenters. The van der Waals surface area contributed by atoms with Crippen LogP contribution in [0.1, 0.15) is 17.3 Å². The molecule has 0 saturated heterocycles. The van der Waals surface area contributed by atoms with Crippen molar-refractivity contribution in [1.29, 1.82) is 0 Å². The fraction of sp³-hybridized carbons (Fsp3) is 0.263. The van der Waals surface area contributed by atoms with Gasteiger partial charge in [-0.05, 0) is 49.4 Å². The molecule has 2 aromatic carbocycles. The topological polar surface area (TPSA) is 61.8 Å². The van der Waals surface area contributed by atoms with E-state index in [1.807, 2.05) is 12.1 Å². The number of hydrogen-bond donors (Lipinski definition) is 0. The summed E-state index contributed by atoms with van der Waals surface area (Å²) in [6.07, 6.45) is 0. The van der Waals surface area contributed by atoms with Crippen LogP contribution in [0.15, 0.2) is 47.4 Å². The normalized spacial score (nSPS) is 11.5. The number of ketones is 1. The molecule has 0 aliphatic carbocycles. The number of Topliss-reactive ketones (excluding diaryl/α,β-unsaturated/α-hetero) is 1. The molecule has 2 aromatic rings. The monoisotopic (exact) mass is 394 g/mol. The first-order chi connectivity index (χ1) is 12.4. The van der Waals surface area contributed by atoms with Crippen LogP contribution in [-0.2, 0) is 9.53 Å². The first kappa shape index (κ1) is 20.1. The number of carbonyl (C=O) groups is 2. The van der Waals surface area contributed by atoms with Gasteiger partial charge in [-0.25, -0.2) is 0 Å². The van der Waals surface area contributed by atoms with Crippen LogP contribution in [0.25, 0.3) is 0 Å². The third kappa shape index (κ3) is 5.41. The van der Waals surface area contributed by atoms with E-state index in [0.29, 0.717) is 22.1 Å². The molecule has 26 heavy (non-hydrogen) atoms. The molecule has 0 N–H and O–H groups in total. The van der Waals surface area contributed by atoms with Crippen LogP contribution in [0.4, 0.5) is 0 Å². The summed E-state index contributed by atoms with van der Waals surface area (Å²) < 4.78 is 15.4. The minimum atomic E-state index is -0.459. The molecule has 0 fully saturated rings. The maximum absolute atomic E-state index is 12.2. The van der Waals surface area contributed by atoms with Crippen LogP contribution in [-0.4, -0.2) is 37.8 Å². The molecule has 0 saturated carbocycles. The van der Waals surface area contributed by atoms with E-state index in [4.69, 9.17) is 25.8 Å². The van der Waals surface area contributed by atoms with Gasteiger partial charge in [0.15, 0.2) is 23.9 Å². The quantitative estimate of drug-likeness (QED) is 0.378. The molecule has 1 atom stereocenters. The van der Waals surface area contributed by atoms with Gasteiger partial charge in [-0.1, -0.05) is 11.6 Å². The van der Waals surface area contributed by atoms with E-state index < -0.39 is 11.2 Å². The SMILES string of the molecule is COc1ccc(C(=O)COC(=O)[C@@H](C)Sc2ccc(Cl)cc2)cc1OC. The van der Waals surface area contributed by atoms with Gasteiger partial charge in [0, 0.05) is 15.5 Å². The summed E-state index contributed by atoms with van der Waals surface area (Å²) in [5.74, 6) is 0.187. The van der Waals surface area contributed by atoms with Crippen molar-refractivity contribution in [2.24, 2.45) is 0 Å². The fourth-order valence-corrected chi connectivity index (χ4v) is 3.10. The van der Waals surface area contributed by atoms with Crippen molar-refractivity contribution in [2.75, 3.05) is 20.8 Å². The number of carbonyl (C=O) groups excluding carboxylic acids is 2. The molecule has 2 rings (SSSR count). The molecule has 0 aliphatic rings. The first-order valence-electron chi connectivity index (χ1n) is 7.78. The molecule has 0 radical (unpaired) electrons. The smallest absolute Gasteiger partial charge is 0.319 e. The lowest BCUT2D eigenvalue weighted by Gasteiger charge is -2.12. The first-order valence-corrected chi connectivity index (χ1v) is 9.04. The molecule has 138 valence electrons. The number of halogens is 1. The average molecular weight is 395 g/mol. The lowest BCUT2D eigenvalue weighted by atomic mass is 10.1. The standard InChI is InChI=1S/C19H19ClO5S/c1-12(26-15-7-5-14(20)6-8-15)19(22)25-11-16(21)13-4-9-17(23-2)18(10-13)24-3/h4-10,12H,11H2,1-3H3/t12-/m1/s1. The molecule has 0 heterocycles. The second-order valence-electron chi connectivity index (χ2n) is 5.31. The van der Waals surface area contributed by atoms with Gasteiger partial charge in [-0.2, -0.15) is 0 Å². The van der Waals surface area contributed by atoms with Crippen LogP contribution < -0.4 is 9.47 Å². The summed E-state index contributed by atoms with van der Waals surface area (Å²) >= 11 is 7.18. The number of esters is 1. The van der Waals surface area contributed by atoms with E-state index in [9.17, 15) is 9.59 Å². The fourth-order valence-electron chi connectivity index (χ4n) is 2.11. The van der Waals surface area contributed by atoms with Crippen molar-refractivity contribution in [3.05, 3.63) is 53.1 Å². The lowest BCUT2D eigenvalue weighted by molar-refractivity contribution is -0.141. The van der Waals surface area contributed by atoms with E-state index in [0.717, 1.165) is 4.90 Å². The van der Waals surface area contributed by atoms with Gasteiger partial charge >= 0.3 is 5.97 Å². The number of rotatable bonds is 8. The molecule has 0 aromatic heterocycles. The number of ether oxygens (including phenoxy) is 3. The molecule has 5 nitrogen and oxygen atoms in total. The third-order valence-electron chi connectivity index (χ3n) is 3.51. The summed E-state index contributed by atoms with van der Waals surface area (Å²) in [6.45, 7) is 1.39. The minimum Gasteiger partial charge on any atom is -0.493 e. The van der Waals surface area contributed by atoms with E-state index in [-0.39, 0.29) is 12.4 Å². The Kier molecular flexibility index (Phi) is 7.36. The summed E-state index contributed by atoms with van der Waals surface area (Å²) in [6, 6.07) is 11.9. The highest BCUT2D eigenvalue weighted by atomic mass is 35.5. The summed E-state index contributed by atoms with van der Waals surface area (Å²) in [5.41, 5.74) is 0.383. The van der Waals surface area contributed by atoms with Crippen LogP contribution in [0.5, 0.6) is 11.5 Å². The Labute approximate surface area is 161 Å². The van der Waals surface area contributed by atoms with Gasteiger partial charge < -0.3 is 14.2 Å². The van der Waals surface area contributed by atoms with Gasteiger partial charge in [0.2, 0.25) is 0 Å². The number of methoxy groups -OCH3 is 2. The zero-order valence-electron chi connectivity index (χ0n) is 14.7. The zero-order chi connectivity index (χ0) is 19.1. The Balaban J connectivity index is 1.91. The van der Waals surface area contributed by atoms with Gasteiger partial charge in [-0.15, -0.1) is 11.8 Å². The van der Waals surface area contributed by atoms with Crippen molar-refractivity contribution in [2.45, 2.75) is 17.1 Å². The van der Waals surface area contributed by atoms with E-state index >= 15 is 0 Å². The molecular formula is C19H19ClO5S. The van der Waals surface area contributed by atoms with Crippen molar-refractivity contribution >= 4 is 35.1 Å². The highest BCUT2D eigenvalue weighted by Crippen LogP contribution is 2.28. The lowest BCUT2D eigenvalue weighted by Crippen LogP contribution is -2.21. The van der Waals surface area contributed by atoms with Gasteiger partial charge in [0.25, 0.3) is 0 Å². The summed E-state index contributed by atoms with van der Waals surface area (Å²) in [4.78, 5) is 25.2. The van der Waals surface area contributed by atoms with Crippen molar-refractivity contribution in [3.8, 4) is 11.5 Å². The number of hydrogen-bond acceptors (Lipinski definition) is 6. The Morgan fingerprint density at radius 3 is 2.31 bits per heavy atom. The highest BCUT2D eigenvalue weighted by molar-refractivity contribution is 8.00. The third-order valence-corrected chi connectivity index (χ3v) is 4.85. The predicted molar refractivity (Wildman–Crippen MR) is 102 cm³/mol. The van der Waals surface area contributed by atoms with Crippen LogP contribution in [0, 0.1) is 0 Å². The van der Waals surface area contributed by atoms with E-state index in [1.165, 1.54) is 26.0 Å². The molecule has 0 bridgehead atoms. The highest BCUT2D eigenvalue weighted by Gasteiger charge is 2.18. The van der Waals surface area contributed by atoms with Gasteiger partial charge in [0.05, 0.1) is 14.2 Å².